The summed E-state index contributed by atoms with van der Waals surface area (Å²) in [5, 5.41) is 9.27. The maximum absolute atomic E-state index is 9.27. The van der Waals surface area contributed by atoms with Crippen molar-refractivity contribution >= 4 is 0 Å². The molecule has 0 aliphatic heterocycles. The van der Waals surface area contributed by atoms with Gasteiger partial charge < -0.3 is 4.74 Å². The normalized spacial score (nSPS) is 15.8. The SMILES string of the molecule is C=C1CC(C#N)(c2ccc(C)c(OC)n2)C1.CC. The second-order valence-electron chi connectivity index (χ2n) is 4.32. The van der Waals surface area contributed by atoms with E-state index in [1.165, 1.54) is 0 Å². The number of pyridine rings is 1. The Kier molecular flexibility index (Phi) is 4.49. The van der Waals surface area contributed by atoms with Crippen molar-refractivity contribution in [1.29, 1.82) is 5.26 Å². The molecule has 3 heteroatoms. The van der Waals surface area contributed by atoms with Gasteiger partial charge in [-0.15, -0.1) is 0 Å². The zero-order valence-corrected chi connectivity index (χ0v) is 11.6. The number of methoxy groups -OCH3 is 1. The van der Waals surface area contributed by atoms with E-state index in [0.29, 0.717) is 18.7 Å². The molecule has 1 heterocycles. The van der Waals surface area contributed by atoms with Crippen LogP contribution < -0.4 is 4.74 Å². The zero-order chi connectivity index (χ0) is 13.8. The molecule has 1 aromatic rings. The van der Waals surface area contributed by atoms with Gasteiger partial charge in [-0.2, -0.15) is 5.26 Å². The van der Waals surface area contributed by atoms with Crippen molar-refractivity contribution in [2.24, 2.45) is 0 Å². The fourth-order valence-corrected chi connectivity index (χ4v) is 2.10. The molecular formula is C15H20N2O. The van der Waals surface area contributed by atoms with Crippen LogP contribution in [-0.2, 0) is 5.41 Å². The first-order valence-corrected chi connectivity index (χ1v) is 6.21. The largest absolute Gasteiger partial charge is 0.481 e. The molecule has 0 amide bonds. The third-order valence-corrected chi connectivity index (χ3v) is 3.05. The summed E-state index contributed by atoms with van der Waals surface area (Å²) in [4.78, 5) is 4.40. The molecule has 2 rings (SSSR count). The van der Waals surface area contributed by atoms with E-state index in [2.05, 4.69) is 17.6 Å². The van der Waals surface area contributed by atoms with Crippen LogP contribution in [-0.4, -0.2) is 12.1 Å². The van der Waals surface area contributed by atoms with Crippen LogP contribution in [0.3, 0.4) is 0 Å². The molecule has 0 unspecified atom stereocenters. The fourth-order valence-electron chi connectivity index (χ4n) is 2.10. The number of hydrogen-bond donors (Lipinski definition) is 0. The van der Waals surface area contributed by atoms with Crippen molar-refractivity contribution in [2.45, 2.75) is 39.0 Å². The Bertz CT molecular complexity index is 478. The van der Waals surface area contributed by atoms with Gasteiger partial charge in [-0.25, -0.2) is 4.98 Å². The van der Waals surface area contributed by atoms with Crippen molar-refractivity contribution in [3.05, 3.63) is 35.5 Å². The maximum atomic E-state index is 9.27. The third kappa shape index (κ3) is 2.38. The highest BCUT2D eigenvalue weighted by molar-refractivity contribution is 5.41. The second kappa shape index (κ2) is 5.68. The minimum absolute atomic E-state index is 0.474. The Balaban J connectivity index is 0.000000771. The van der Waals surface area contributed by atoms with E-state index in [-0.39, 0.29) is 0 Å². The van der Waals surface area contributed by atoms with E-state index in [4.69, 9.17) is 4.74 Å². The predicted octanol–water partition coefficient (Wildman–Crippen LogP) is 3.54. The van der Waals surface area contributed by atoms with Crippen molar-refractivity contribution in [2.75, 3.05) is 7.11 Å². The fraction of sp³-hybridized carbons (Fsp3) is 0.467. The summed E-state index contributed by atoms with van der Waals surface area (Å²) in [6, 6.07) is 6.21. The molecule has 1 fully saturated rings. The minimum atomic E-state index is -0.474. The van der Waals surface area contributed by atoms with Crippen LogP contribution >= 0.6 is 0 Å². The first kappa shape index (κ1) is 14.2. The summed E-state index contributed by atoms with van der Waals surface area (Å²) < 4.78 is 5.18. The number of nitrogens with zero attached hydrogens (tertiary/aromatic N) is 2. The molecule has 1 aromatic heterocycles. The molecule has 1 aliphatic rings. The molecular weight excluding hydrogens is 224 g/mol. The highest BCUT2D eigenvalue weighted by atomic mass is 16.5. The van der Waals surface area contributed by atoms with E-state index in [0.717, 1.165) is 16.8 Å². The number of allylic oxidation sites excluding steroid dienone is 1. The molecule has 0 aromatic carbocycles. The molecule has 96 valence electrons. The summed E-state index contributed by atoms with van der Waals surface area (Å²) in [5.41, 5.74) is 2.42. The average molecular weight is 244 g/mol. The molecule has 0 saturated heterocycles. The smallest absolute Gasteiger partial charge is 0.216 e. The van der Waals surface area contributed by atoms with Crippen molar-refractivity contribution in [3.8, 4) is 11.9 Å². The van der Waals surface area contributed by atoms with Gasteiger partial charge in [0.25, 0.3) is 0 Å². The van der Waals surface area contributed by atoms with Gasteiger partial charge in [0.1, 0.15) is 5.41 Å². The predicted molar refractivity (Wildman–Crippen MR) is 72.5 cm³/mol. The highest BCUT2D eigenvalue weighted by Crippen LogP contribution is 2.45. The van der Waals surface area contributed by atoms with Crippen molar-refractivity contribution < 1.29 is 4.74 Å². The molecule has 1 aliphatic carbocycles. The summed E-state index contributed by atoms with van der Waals surface area (Å²) in [7, 11) is 1.60. The Morgan fingerprint density at radius 1 is 1.39 bits per heavy atom. The molecule has 0 radical (unpaired) electrons. The lowest BCUT2D eigenvalue weighted by atomic mass is 9.65. The van der Waals surface area contributed by atoms with E-state index < -0.39 is 5.41 Å². The summed E-state index contributed by atoms with van der Waals surface area (Å²) in [5.74, 6) is 0.602. The molecule has 18 heavy (non-hydrogen) atoms. The summed E-state index contributed by atoms with van der Waals surface area (Å²) >= 11 is 0. The van der Waals surface area contributed by atoms with E-state index in [1.807, 2.05) is 32.9 Å². The Labute approximate surface area is 109 Å². The number of ether oxygens (including phenoxy) is 1. The number of aryl methyl sites for hydroxylation is 1. The molecule has 1 saturated carbocycles. The average Bonchev–Trinajstić information content (AvgIpc) is 2.38. The van der Waals surface area contributed by atoms with Gasteiger partial charge in [-0.3, -0.25) is 0 Å². The Morgan fingerprint density at radius 2 is 2.00 bits per heavy atom. The van der Waals surface area contributed by atoms with Crippen LogP contribution in [0.4, 0.5) is 0 Å². The highest BCUT2D eigenvalue weighted by Gasteiger charge is 2.43. The first-order valence-electron chi connectivity index (χ1n) is 6.21. The monoisotopic (exact) mass is 244 g/mol. The van der Waals surface area contributed by atoms with Crippen molar-refractivity contribution in [3.63, 3.8) is 0 Å². The van der Waals surface area contributed by atoms with Gasteiger partial charge in [-0.05, 0) is 25.8 Å². The van der Waals surface area contributed by atoms with E-state index in [9.17, 15) is 5.26 Å². The van der Waals surface area contributed by atoms with Crippen LogP contribution in [0.15, 0.2) is 24.3 Å². The molecule has 3 nitrogen and oxygen atoms in total. The number of aromatic nitrogens is 1. The van der Waals surface area contributed by atoms with Crippen LogP contribution in [0.2, 0.25) is 0 Å². The second-order valence-corrected chi connectivity index (χ2v) is 4.32. The van der Waals surface area contributed by atoms with Gasteiger partial charge in [0.15, 0.2) is 0 Å². The number of rotatable bonds is 2. The molecule has 0 spiro atoms. The summed E-state index contributed by atoms with van der Waals surface area (Å²) in [6.07, 6.45) is 1.42. The zero-order valence-electron chi connectivity index (χ0n) is 11.6. The number of nitriles is 1. The standard InChI is InChI=1S/C13H14N2O.C2H6/c1-9-6-13(7-9,8-14)11-5-4-10(2)12(15-11)16-3;1-2/h4-5H,1,6-7H2,2-3H3;1-2H3. The van der Waals surface area contributed by atoms with Crippen LogP contribution in [0, 0.1) is 18.3 Å². The summed E-state index contributed by atoms with van der Waals surface area (Å²) in [6.45, 7) is 9.82. The number of hydrogen-bond acceptors (Lipinski definition) is 3. The molecule has 0 atom stereocenters. The topological polar surface area (TPSA) is 45.9 Å². The Hall–Kier alpha value is -1.82. The minimum Gasteiger partial charge on any atom is -0.481 e. The lowest BCUT2D eigenvalue weighted by Gasteiger charge is -2.36. The van der Waals surface area contributed by atoms with Gasteiger partial charge in [0.2, 0.25) is 5.88 Å². The van der Waals surface area contributed by atoms with Gasteiger partial charge in [0, 0.05) is 5.56 Å². The van der Waals surface area contributed by atoms with Gasteiger partial charge in [-0.1, -0.05) is 32.1 Å². The van der Waals surface area contributed by atoms with Crippen molar-refractivity contribution in [1.82, 2.24) is 4.98 Å². The lowest BCUT2D eigenvalue weighted by Crippen LogP contribution is -2.35. The quantitative estimate of drug-likeness (QED) is 0.747. The van der Waals surface area contributed by atoms with Crippen LogP contribution in [0.5, 0.6) is 5.88 Å². The van der Waals surface area contributed by atoms with E-state index >= 15 is 0 Å². The molecule has 0 N–H and O–H groups in total. The van der Waals surface area contributed by atoms with Gasteiger partial charge in [0.05, 0.1) is 18.9 Å². The van der Waals surface area contributed by atoms with E-state index in [1.54, 1.807) is 7.11 Å². The van der Waals surface area contributed by atoms with Crippen LogP contribution in [0.25, 0.3) is 0 Å². The first-order chi connectivity index (χ1) is 8.61. The third-order valence-electron chi connectivity index (χ3n) is 3.05. The Morgan fingerprint density at radius 3 is 2.44 bits per heavy atom. The van der Waals surface area contributed by atoms with Gasteiger partial charge >= 0.3 is 0 Å². The maximum Gasteiger partial charge on any atom is 0.216 e. The molecule has 0 bridgehead atoms. The van der Waals surface area contributed by atoms with Crippen LogP contribution in [0.1, 0.15) is 37.9 Å². The lowest BCUT2D eigenvalue weighted by molar-refractivity contribution is 0.376.